The summed E-state index contributed by atoms with van der Waals surface area (Å²) in [6, 6.07) is 6.94. The highest BCUT2D eigenvalue weighted by Gasteiger charge is 2.31. The van der Waals surface area contributed by atoms with Crippen molar-refractivity contribution < 1.29 is 18.9 Å². The van der Waals surface area contributed by atoms with Gasteiger partial charge in [-0.15, -0.1) is 0 Å². The van der Waals surface area contributed by atoms with Crippen LogP contribution in [0, 0.1) is 0 Å². The first kappa shape index (κ1) is 21.8. The fourth-order valence-electron chi connectivity index (χ4n) is 3.79. The molecule has 0 unspecified atom stereocenters. The Morgan fingerprint density at radius 1 is 0.875 bits per heavy atom. The lowest BCUT2D eigenvalue weighted by molar-refractivity contribution is -0.152. The van der Waals surface area contributed by atoms with Gasteiger partial charge >= 0.3 is 17.8 Å². The van der Waals surface area contributed by atoms with Crippen molar-refractivity contribution in [3.63, 3.8) is 0 Å². The third-order valence-corrected chi connectivity index (χ3v) is 5.77. The summed E-state index contributed by atoms with van der Waals surface area (Å²) in [5, 5.41) is 6.83. The molecule has 0 saturated carbocycles. The number of piperazine rings is 1. The fraction of sp³-hybridized carbons (Fsp3) is 0.500. The second-order valence-corrected chi connectivity index (χ2v) is 8.40. The van der Waals surface area contributed by atoms with Gasteiger partial charge in [-0.3, -0.25) is 9.59 Å². The van der Waals surface area contributed by atoms with Gasteiger partial charge in [0.1, 0.15) is 0 Å². The van der Waals surface area contributed by atoms with Crippen LogP contribution in [0.1, 0.15) is 38.4 Å². The molecule has 0 spiro atoms. The van der Waals surface area contributed by atoms with Gasteiger partial charge in [0.25, 0.3) is 5.89 Å². The highest BCUT2D eigenvalue weighted by atomic mass is 16.5. The first-order chi connectivity index (χ1) is 15.4. The SMILES string of the molecule is CC(C)c1noc(-c2ccc(NC(=O)N3CCN(C(=O)C(=O)N4CCCC4)CC3)cc2)n1. The van der Waals surface area contributed by atoms with E-state index in [-0.39, 0.29) is 11.9 Å². The molecule has 0 radical (unpaired) electrons. The number of anilines is 1. The summed E-state index contributed by atoms with van der Waals surface area (Å²) in [7, 11) is 0. The van der Waals surface area contributed by atoms with Crippen molar-refractivity contribution in [2.75, 3.05) is 44.6 Å². The molecule has 2 fully saturated rings. The number of urea groups is 1. The van der Waals surface area contributed by atoms with E-state index in [1.165, 1.54) is 4.90 Å². The van der Waals surface area contributed by atoms with Gasteiger partial charge in [-0.25, -0.2) is 4.79 Å². The van der Waals surface area contributed by atoms with Gasteiger partial charge in [0.2, 0.25) is 0 Å². The summed E-state index contributed by atoms with van der Waals surface area (Å²) in [4.78, 5) is 46.5. The Morgan fingerprint density at radius 3 is 2.00 bits per heavy atom. The van der Waals surface area contributed by atoms with E-state index in [1.807, 2.05) is 26.0 Å². The van der Waals surface area contributed by atoms with E-state index < -0.39 is 11.8 Å². The number of hydrogen-bond donors (Lipinski definition) is 1. The number of benzene rings is 1. The third kappa shape index (κ3) is 4.74. The summed E-state index contributed by atoms with van der Waals surface area (Å²) < 4.78 is 5.29. The Morgan fingerprint density at radius 2 is 1.44 bits per heavy atom. The van der Waals surface area contributed by atoms with Crippen LogP contribution in [-0.2, 0) is 9.59 Å². The Balaban J connectivity index is 1.28. The molecule has 0 atom stereocenters. The van der Waals surface area contributed by atoms with Crippen molar-refractivity contribution in [1.29, 1.82) is 0 Å². The lowest BCUT2D eigenvalue weighted by Gasteiger charge is -2.34. The zero-order valence-electron chi connectivity index (χ0n) is 18.4. The summed E-state index contributed by atoms with van der Waals surface area (Å²) >= 11 is 0. The van der Waals surface area contributed by atoms with Crippen LogP contribution in [0.25, 0.3) is 11.5 Å². The zero-order valence-corrected chi connectivity index (χ0v) is 18.4. The van der Waals surface area contributed by atoms with Crippen LogP contribution in [0.3, 0.4) is 0 Å². The fourth-order valence-corrected chi connectivity index (χ4v) is 3.79. The zero-order chi connectivity index (χ0) is 22.7. The summed E-state index contributed by atoms with van der Waals surface area (Å²) in [5.74, 6) is 0.375. The molecule has 3 heterocycles. The first-order valence-corrected chi connectivity index (χ1v) is 11.0. The number of amides is 4. The maximum absolute atomic E-state index is 12.6. The van der Waals surface area contributed by atoms with Crippen molar-refractivity contribution in [3.8, 4) is 11.5 Å². The average Bonchev–Trinajstić information content (AvgIpc) is 3.51. The molecule has 1 aromatic carbocycles. The molecule has 2 aliphatic rings. The minimum absolute atomic E-state index is 0.181. The predicted molar refractivity (Wildman–Crippen MR) is 117 cm³/mol. The first-order valence-electron chi connectivity index (χ1n) is 11.0. The molecule has 2 aliphatic heterocycles. The average molecular weight is 441 g/mol. The third-order valence-electron chi connectivity index (χ3n) is 5.77. The molecule has 10 heteroatoms. The summed E-state index contributed by atoms with van der Waals surface area (Å²) in [5.41, 5.74) is 1.42. The number of carbonyl (C=O) groups is 3. The van der Waals surface area contributed by atoms with E-state index in [2.05, 4.69) is 15.5 Å². The Bertz CT molecular complexity index is 973. The van der Waals surface area contributed by atoms with Gasteiger partial charge in [0, 0.05) is 56.4 Å². The van der Waals surface area contributed by atoms with E-state index in [4.69, 9.17) is 4.52 Å². The number of likely N-dealkylation sites (tertiary alicyclic amines) is 1. The van der Waals surface area contributed by atoms with Crippen molar-refractivity contribution in [1.82, 2.24) is 24.8 Å². The van der Waals surface area contributed by atoms with E-state index >= 15 is 0 Å². The van der Waals surface area contributed by atoms with Crippen LogP contribution in [0.2, 0.25) is 0 Å². The molecule has 0 bridgehead atoms. The number of nitrogens with one attached hydrogen (secondary N) is 1. The van der Waals surface area contributed by atoms with E-state index in [0.29, 0.717) is 56.7 Å². The maximum atomic E-state index is 12.6. The molecule has 1 aromatic heterocycles. The topological polar surface area (TPSA) is 112 Å². The second-order valence-electron chi connectivity index (χ2n) is 8.40. The number of nitrogens with zero attached hydrogens (tertiary/aromatic N) is 5. The van der Waals surface area contributed by atoms with Gasteiger partial charge in [0.05, 0.1) is 0 Å². The molecule has 1 N–H and O–H groups in total. The molecule has 2 aromatic rings. The van der Waals surface area contributed by atoms with Crippen molar-refractivity contribution in [3.05, 3.63) is 30.1 Å². The van der Waals surface area contributed by atoms with Gasteiger partial charge in [-0.05, 0) is 37.1 Å². The van der Waals surface area contributed by atoms with Gasteiger partial charge in [-0.2, -0.15) is 4.98 Å². The lowest BCUT2D eigenvalue weighted by atomic mass is 10.2. The minimum atomic E-state index is -0.468. The largest absolute Gasteiger partial charge is 0.334 e. The predicted octanol–water partition coefficient (Wildman–Crippen LogP) is 2.16. The number of aromatic nitrogens is 2. The molecule has 4 rings (SSSR count). The monoisotopic (exact) mass is 440 g/mol. The molecular weight excluding hydrogens is 412 g/mol. The summed E-state index contributed by atoms with van der Waals surface area (Å²) in [6.45, 7) is 6.74. The van der Waals surface area contributed by atoms with Crippen LogP contribution in [0.4, 0.5) is 10.5 Å². The molecular formula is C22H28N6O4. The molecule has 0 aliphatic carbocycles. The highest BCUT2D eigenvalue weighted by Crippen LogP contribution is 2.22. The Kier molecular flexibility index (Phi) is 6.38. The van der Waals surface area contributed by atoms with Crippen molar-refractivity contribution in [2.45, 2.75) is 32.6 Å². The second kappa shape index (κ2) is 9.37. The molecule has 10 nitrogen and oxygen atoms in total. The minimum Gasteiger partial charge on any atom is -0.334 e. The van der Waals surface area contributed by atoms with E-state index in [1.54, 1.807) is 21.9 Å². The number of carbonyl (C=O) groups excluding carboxylic acids is 3. The van der Waals surface area contributed by atoms with Gasteiger partial charge in [0.15, 0.2) is 5.82 Å². The Hall–Kier alpha value is -3.43. The van der Waals surface area contributed by atoms with Crippen LogP contribution < -0.4 is 5.32 Å². The van der Waals surface area contributed by atoms with Crippen LogP contribution in [0.15, 0.2) is 28.8 Å². The smallest absolute Gasteiger partial charge is 0.321 e. The summed E-state index contributed by atoms with van der Waals surface area (Å²) in [6.07, 6.45) is 1.89. The van der Waals surface area contributed by atoms with Gasteiger partial charge in [-0.1, -0.05) is 19.0 Å². The molecule has 4 amide bonds. The number of hydrogen-bond acceptors (Lipinski definition) is 6. The molecule has 170 valence electrons. The number of rotatable bonds is 3. The standard InChI is InChI=1S/C22H28N6O4/c1-15(2)18-24-19(32-25-18)16-5-7-17(8-6-16)23-22(31)28-13-11-27(12-14-28)21(30)20(29)26-9-3-4-10-26/h5-8,15H,3-4,9-14H2,1-2H3,(H,23,31). The highest BCUT2D eigenvalue weighted by molar-refractivity contribution is 6.35. The van der Waals surface area contributed by atoms with Gasteiger partial charge < -0.3 is 24.5 Å². The normalized spacial score (nSPS) is 16.5. The molecule has 32 heavy (non-hydrogen) atoms. The molecule has 2 saturated heterocycles. The van der Waals surface area contributed by atoms with E-state index in [9.17, 15) is 14.4 Å². The van der Waals surface area contributed by atoms with Crippen molar-refractivity contribution >= 4 is 23.5 Å². The van der Waals surface area contributed by atoms with Crippen LogP contribution in [0.5, 0.6) is 0 Å². The maximum Gasteiger partial charge on any atom is 0.321 e. The van der Waals surface area contributed by atoms with Crippen molar-refractivity contribution in [2.24, 2.45) is 0 Å². The van der Waals surface area contributed by atoms with E-state index in [0.717, 1.165) is 18.4 Å². The lowest BCUT2D eigenvalue weighted by Crippen LogP contribution is -2.54. The van der Waals surface area contributed by atoms with Crippen LogP contribution >= 0.6 is 0 Å². The quantitative estimate of drug-likeness (QED) is 0.732. The Labute approximate surface area is 186 Å². The van der Waals surface area contributed by atoms with Crippen LogP contribution in [-0.4, -0.2) is 82.0 Å².